The van der Waals surface area contributed by atoms with Crippen LogP contribution in [-0.2, 0) is 4.74 Å². The van der Waals surface area contributed by atoms with Crippen molar-refractivity contribution in [3.05, 3.63) is 29.3 Å². The lowest BCUT2D eigenvalue weighted by Crippen LogP contribution is -2.51. The van der Waals surface area contributed by atoms with Crippen LogP contribution in [0.2, 0.25) is 0 Å². The van der Waals surface area contributed by atoms with Gasteiger partial charge in [-0.05, 0) is 30.5 Å². The maximum absolute atomic E-state index is 13.5. The van der Waals surface area contributed by atoms with Gasteiger partial charge in [-0.25, -0.2) is 4.98 Å². The number of hydrogen-bond donors (Lipinski definition) is 1. The van der Waals surface area contributed by atoms with Crippen molar-refractivity contribution >= 4 is 28.5 Å². The molecular weight excluding hydrogens is 405 g/mol. The quantitative estimate of drug-likeness (QED) is 0.679. The molecule has 0 aliphatic carbocycles. The van der Waals surface area contributed by atoms with Crippen LogP contribution in [0.15, 0.2) is 28.1 Å². The van der Waals surface area contributed by atoms with Crippen molar-refractivity contribution in [1.29, 1.82) is 0 Å². The summed E-state index contributed by atoms with van der Waals surface area (Å²) in [6.45, 7) is 1.54. The Bertz CT molecular complexity index is 1010. The third-order valence-corrected chi connectivity index (χ3v) is 6.29. The summed E-state index contributed by atoms with van der Waals surface area (Å²) >= 11 is 1.34. The first-order valence-electron chi connectivity index (χ1n) is 9.37. The lowest BCUT2D eigenvalue weighted by molar-refractivity contribution is -0.215. The Kier molecular flexibility index (Phi) is 4.52. The minimum atomic E-state index is -4.53. The summed E-state index contributed by atoms with van der Waals surface area (Å²) in [5, 5.41) is 5.90. The molecule has 6 nitrogen and oxygen atoms in total. The van der Waals surface area contributed by atoms with Gasteiger partial charge in [0.1, 0.15) is 10.5 Å². The predicted octanol–water partition coefficient (Wildman–Crippen LogP) is 4.14. The molecule has 3 aromatic rings. The van der Waals surface area contributed by atoms with Crippen molar-refractivity contribution in [3.63, 3.8) is 0 Å². The van der Waals surface area contributed by atoms with Crippen molar-refractivity contribution in [1.82, 2.24) is 15.3 Å². The van der Waals surface area contributed by atoms with E-state index in [1.165, 1.54) is 23.5 Å². The Balaban J connectivity index is 1.62. The highest BCUT2D eigenvalue weighted by Gasteiger charge is 2.42. The number of oxazole rings is 1. The summed E-state index contributed by atoms with van der Waals surface area (Å²) in [6, 6.07) is 4.06. The molecule has 2 aliphatic rings. The molecule has 0 saturated carbocycles. The molecule has 2 saturated heterocycles. The molecule has 4 heterocycles. The number of halogens is 3. The smallest absolute Gasteiger partial charge is 0.418 e. The normalized spacial score (nSPS) is 23.1. The van der Waals surface area contributed by atoms with Gasteiger partial charge in [-0.3, -0.25) is 0 Å². The van der Waals surface area contributed by atoms with Crippen LogP contribution in [-0.4, -0.2) is 48.4 Å². The highest BCUT2D eigenvalue weighted by molar-refractivity contribution is 7.13. The lowest BCUT2D eigenvalue weighted by Gasteiger charge is -2.31. The molecule has 2 fully saturated rings. The highest BCUT2D eigenvalue weighted by Crippen LogP contribution is 2.41. The zero-order valence-corrected chi connectivity index (χ0v) is 16.4. The maximum atomic E-state index is 13.5. The molecule has 0 radical (unpaired) electrons. The van der Waals surface area contributed by atoms with Gasteiger partial charge in [0, 0.05) is 43.9 Å². The Morgan fingerprint density at radius 2 is 2.03 bits per heavy atom. The third kappa shape index (κ3) is 3.38. The zero-order chi connectivity index (χ0) is 20.2. The van der Waals surface area contributed by atoms with E-state index in [1.807, 2.05) is 0 Å². The van der Waals surface area contributed by atoms with Gasteiger partial charge in [-0.15, -0.1) is 11.3 Å². The molecular formula is C19H19F3N4O2S. The van der Waals surface area contributed by atoms with Crippen LogP contribution < -0.4 is 10.2 Å². The molecule has 154 valence electrons. The highest BCUT2D eigenvalue weighted by atomic mass is 32.1. The molecule has 1 aromatic carbocycles. The van der Waals surface area contributed by atoms with Crippen molar-refractivity contribution < 1.29 is 22.3 Å². The summed E-state index contributed by atoms with van der Waals surface area (Å²) in [7, 11) is 1.05. The van der Waals surface area contributed by atoms with E-state index < -0.39 is 12.3 Å². The van der Waals surface area contributed by atoms with Gasteiger partial charge in [0.25, 0.3) is 6.01 Å². The Hall–Kier alpha value is -2.17. The predicted molar refractivity (Wildman–Crippen MR) is 103 cm³/mol. The average Bonchev–Trinajstić information content (AvgIpc) is 3.40. The van der Waals surface area contributed by atoms with E-state index >= 15 is 0 Å². The molecule has 29 heavy (non-hydrogen) atoms. The number of rotatable bonds is 4. The number of methoxy groups -OCH3 is 1. The molecule has 0 spiro atoms. The minimum Gasteiger partial charge on any atom is -0.423 e. The number of hydrogen-bond acceptors (Lipinski definition) is 7. The average molecular weight is 424 g/mol. The number of anilines is 1. The number of ether oxygens (including phenoxy) is 1. The van der Waals surface area contributed by atoms with Crippen LogP contribution in [0.3, 0.4) is 0 Å². The fourth-order valence-corrected chi connectivity index (χ4v) is 4.91. The molecule has 3 atom stereocenters. The van der Waals surface area contributed by atoms with E-state index in [4.69, 9.17) is 9.15 Å². The van der Waals surface area contributed by atoms with Crippen LogP contribution in [0.1, 0.15) is 24.5 Å². The fourth-order valence-electron chi connectivity index (χ4n) is 4.26. The van der Waals surface area contributed by atoms with Gasteiger partial charge in [0.05, 0.1) is 5.56 Å². The number of nitrogens with zero attached hydrogens (tertiary/aromatic N) is 3. The molecule has 0 unspecified atom stereocenters. The molecule has 5 rings (SSSR count). The summed E-state index contributed by atoms with van der Waals surface area (Å²) in [5.74, 6) is 0. The van der Waals surface area contributed by atoms with E-state index in [0.717, 1.165) is 33.0 Å². The van der Waals surface area contributed by atoms with Crippen LogP contribution in [0, 0.1) is 0 Å². The third-order valence-electron chi connectivity index (χ3n) is 5.49. The fraction of sp³-hybridized carbons (Fsp3) is 0.474. The Labute approximate surface area is 168 Å². The zero-order valence-electron chi connectivity index (χ0n) is 15.6. The first-order valence-corrected chi connectivity index (χ1v) is 10.2. The standard InChI is InChI=1S/C19H19F3N4O2S/c1-27-16(19(20,21)22)10-6-13(17-23-4-5-29-17)15-14(7-10)25-18(28-15)26-8-11-2-3-12(9-26)24-11/h4-7,11-12,16,24H,2-3,8-9H2,1H3/t11-,12-,16-/m1/s1. The number of benzene rings is 1. The minimum absolute atomic E-state index is 0.0158. The first kappa shape index (κ1) is 18.8. The van der Waals surface area contributed by atoms with Gasteiger partial charge in [0.15, 0.2) is 11.7 Å². The second-order valence-corrected chi connectivity index (χ2v) is 8.35. The van der Waals surface area contributed by atoms with Gasteiger partial charge in [-0.1, -0.05) is 0 Å². The first-order chi connectivity index (χ1) is 13.9. The Morgan fingerprint density at radius 1 is 1.28 bits per heavy atom. The number of fused-ring (bicyclic) bond motifs is 3. The number of alkyl halides is 3. The Morgan fingerprint density at radius 3 is 2.66 bits per heavy atom. The number of piperazine rings is 1. The summed E-state index contributed by atoms with van der Waals surface area (Å²) in [4.78, 5) is 10.9. The SMILES string of the molecule is CO[C@H](c1cc(-c2nccs2)c2oc(N3C[C@H]4CC[C@H](C3)N4)nc2c1)C(F)(F)F. The molecule has 1 N–H and O–H groups in total. The van der Waals surface area contributed by atoms with Gasteiger partial charge in [0.2, 0.25) is 0 Å². The largest absolute Gasteiger partial charge is 0.423 e. The molecule has 10 heteroatoms. The van der Waals surface area contributed by atoms with Crippen molar-refractivity contribution in [3.8, 4) is 10.6 Å². The number of aromatic nitrogens is 2. The van der Waals surface area contributed by atoms with Crippen LogP contribution in [0.25, 0.3) is 21.7 Å². The van der Waals surface area contributed by atoms with Crippen molar-refractivity contribution in [2.24, 2.45) is 0 Å². The second-order valence-electron chi connectivity index (χ2n) is 7.45. The molecule has 2 aromatic heterocycles. The monoisotopic (exact) mass is 424 g/mol. The van der Waals surface area contributed by atoms with Crippen LogP contribution in [0.5, 0.6) is 0 Å². The van der Waals surface area contributed by atoms with Gasteiger partial charge < -0.3 is 19.4 Å². The summed E-state index contributed by atoms with van der Waals surface area (Å²) < 4.78 is 51.3. The molecule has 0 amide bonds. The number of thiazole rings is 1. The molecule has 2 bridgehead atoms. The van der Waals surface area contributed by atoms with E-state index in [9.17, 15) is 13.2 Å². The van der Waals surface area contributed by atoms with Crippen molar-refractivity contribution in [2.75, 3.05) is 25.1 Å². The topological polar surface area (TPSA) is 63.4 Å². The van der Waals surface area contributed by atoms with Crippen molar-refractivity contribution in [2.45, 2.75) is 37.2 Å². The van der Waals surface area contributed by atoms with Gasteiger partial charge in [-0.2, -0.15) is 18.2 Å². The molecule has 2 aliphatic heterocycles. The summed E-state index contributed by atoms with van der Waals surface area (Å²) in [6.07, 6.45) is -2.75. The second kappa shape index (κ2) is 6.96. The maximum Gasteiger partial charge on any atom is 0.418 e. The van der Waals surface area contributed by atoms with Crippen LogP contribution in [0.4, 0.5) is 19.2 Å². The van der Waals surface area contributed by atoms with Gasteiger partial charge >= 0.3 is 6.18 Å². The number of nitrogens with one attached hydrogen (secondary N) is 1. The lowest BCUT2D eigenvalue weighted by atomic mass is 10.0. The van der Waals surface area contributed by atoms with E-state index in [-0.39, 0.29) is 5.56 Å². The van der Waals surface area contributed by atoms with E-state index in [1.54, 1.807) is 11.6 Å². The summed E-state index contributed by atoms with van der Waals surface area (Å²) in [5.41, 5.74) is 1.30. The van der Waals surface area contributed by atoms with Crippen LogP contribution >= 0.6 is 11.3 Å². The van der Waals surface area contributed by atoms with E-state index in [0.29, 0.717) is 39.8 Å². The van der Waals surface area contributed by atoms with E-state index in [2.05, 4.69) is 20.2 Å².